The number of nitrogens with zero attached hydrogens (tertiary/aromatic N) is 2. The molecular formula is C7H4Co2N2O6. The van der Waals surface area contributed by atoms with E-state index < -0.39 is 13.9 Å². The molecule has 0 aromatic heterocycles. The van der Waals surface area contributed by atoms with Gasteiger partial charge in [-0.2, -0.15) is 0 Å². The normalized spacial score (nSPS) is 10.4. The van der Waals surface area contributed by atoms with Crippen LogP contribution >= 0.6 is 0 Å². The maximum absolute atomic E-state index is 10.7. The van der Waals surface area contributed by atoms with E-state index in [1.165, 1.54) is 6.07 Å². The van der Waals surface area contributed by atoms with Gasteiger partial charge in [-0.3, -0.25) is 0 Å². The molecule has 0 unspecified atom stereocenters. The standard InChI is InChI=1S/C7H4O2.2Co.2NO2/c8-7(9)6-4-2-1-3-5-6;;;2*2-1-3/h1,4-5H,(H,8,9);;;;. The SMILES string of the molecule is O=C(O)c1c[c]([Co][N+](=O)[O-])c[c]([Co][N+](=O)[O-])c1. The predicted molar refractivity (Wildman–Crippen MR) is 46.7 cm³/mol. The Labute approximate surface area is 107 Å². The summed E-state index contributed by atoms with van der Waals surface area (Å²) in [4.78, 5) is 31.3. The van der Waals surface area contributed by atoms with Crippen molar-refractivity contribution in [2.75, 3.05) is 0 Å². The van der Waals surface area contributed by atoms with Gasteiger partial charge in [-0.1, -0.05) is 0 Å². The first-order chi connectivity index (χ1) is 7.88. The molecule has 8 nitrogen and oxygen atoms in total. The number of rotatable bonds is 5. The van der Waals surface area contributed by atoms with Gasteiger partial charge in [0.15, 0.2) is 0 Å². The number of nitro groups is 2. The summed E-state index contributed by atoms with van der Waals surface area (Å²) in [6.07, 6.45) is 0. The van der Waals surface area contributed by atoms with Gasteiger partial charge in [0.1, 0.15) is 0 Å². The van der Waals surface area contributed by atoms with Gasteiger partial charge >= 0.3 is 107 Å². The number of carbonyl (C=O) groups is 1. The Morgan fingerprint density at radius 3 is 1.76 bits per heavy atom. The van der Waals surface area contributed by atoms with Gasteiger partial charge in [0.25, 0.3) is 0 Å². The second kappa shape index (κ2) is 5.72. The Hall–Kier alpha value is -1.50. The Morgan fingerprint density at radius 2 is 1.47 bits per heavy atom. The number of hydrogen-bond acceptors (Lipinski definition) is 5. The van der Waals surface area contributed by atoms with Crippen LogP contribution in [-0.2, 0) is 29.8 Å². The molecule has 0 radical (unpaired) electrons. The van der Waals surface area contributed by atoms with Crippen LogP contribution in [0.2, 0.25) is 0 Å². The molecule has 0 heterocycles. The van der Waals surface area contributed by atoms with Crippen LogP contribution in [0.1, 0.15) is 10.4 Å². The summed E-state index contributed by atoms with van der Waals surface area (Å²) >= 11 is -0.559. The Morgan fingerprint density at radius 1 is 1.06 bits per heavy atom. The monoisotopic (exact) mass is 330 g/mol. The third kappa shape index (κ3) is 4.48. The third-order valence-electron chi connectivity index (χ3n) is 1.38. The predicted octanol–water partition coefficient (Wildman–Crippen LogP) is -0.816. The van der Waals surface area contributed by atoms with E-state index in [0.717, 1.165) is 12.1 Å². The quantitative estimate of drug-likeness (QED) is 0.556. The zero-order valence-corrected chi connectivity index (χ0v) is 9.86. The molecule has 0 amide bonds. The minimum absolute atomic E-state index is 0.0922. The fraction of sp³-hybridized carbons (Fsp3) is 0. The molecule has 0 aliphatic carbocycles. The molecular weight excluding hydrogens is 326 g/mol. The molecule has 96 valence electrons. The van der Waals surface area contributed by atoms with Gasteiger partial charge in [0.2, 0.25) is 0 Å². The summed E-state index contributed by atoms with van der Waals surface area (Å²) in [6.45, 7) is 0. The molecule has 0 saturated carbocycles. The van der Waals surface area contributed by atoms with Crippen molar-refractivity contribution in [1.29, 1.82) is 0 Å². The molecule has 0 bridgehead atoms. The summed E-state index contributed by atoms with van der Waals surface area (Å²) in [5.41, 5.74) is -0.209. The molecule has 0 fully saturated rings. The van der Waals surface area contributed by atoms with Crippen molar-refractivity contribution >= 4 is 15.0 Å². The van der Waals surface area contributed by atoms with Crippen molar-refractivity contribution in [3.63, 3.8) is 0 Å². The molecule has 0 aliphatic rings. The van der Waals surface area contributed by atoms with Crippen molar-refractivity contribution < 1.29 is 47.7 Å². The molecule has 17 heavy (non-hydrogen) atoms. The van der Waals surface area contributed by atoms with Crippen LogP contribution in [0, 0.1) is 20.2 Å². The summed E-state index contributed by atoms with van der Waals surface area (Å²) < 4.78 is -1.14. The first-order valence-corrected chi connectivity index (χ1v) is 5.74. The second-order valence-electron chi connectivity index (χ2n) is 2.45. The Bertz CT molecular complexity index is 457. The van der Waals surface area contributed by atoms with E-state index in [1.807, 2.05) is 0 Å². The van der Waals surface area contributed by atoms with E-state index in [0.29, 0.717) is 0 Å². The third-order valence-corrected chi connectivity index (χ3v) is 2.90. The topological polar surface area (TPSA) is 124 Å². The molecule has 1 N–H and O–H groups in total. The van der Waals surface area contributed by atoms with E-state index in [9.17, 15) is 25.0 Å². The van der Waals surface area contributed by atoms with Crippen LogP contribution in [0.4, 0.5) is 0 Å². The number of benzene rings is 1. The molecule has 0 spiro atoms. The second-order valence-corrected chi connectivity index (χ2v) is 4.88. The molecule has 10 heteroatoms. The molecule has 0 saturated heterocycles. The fourth-order valence-corrected chi connectivity index (χ4v) is 2.34. The first kappa shape index (κ1) is 13.6. The summed E-state index contributed by atoms with van der Waals surface area (Å²) in [5.74, 6) is -1.29. The molecule has 0 atom stereocenters. The van der Waals surface area contributed by atoms with Crippen LogP contribution < -0.4 is 9.00 Å². The van der Waals surface area contributed by atoms with E-state index >= 15 is 0 Å². The van der Waals surface area contributed by atoms with Gasteiger partial charge in [-0.25, -0.2) is 0 Å². The van der Waals surface area contributed by atoms with Crippen LogP contribution in [0.3, 0.4) is 0 Å². The average molecular weight is 330 g/mol. The molecule has 1 rings (SSSR count). The van der Waals surface area contributed by atoms with Crippen LogP contribution in [0.15, 0.2) is 18.2 Å². The number of hydrogen-bond donors (Lipinski definition) is 1. The van der Waals surface area contributed by atoms with Crippen molar-refractivity contribution in [3.05, 3.63) is 44.0 Å². The number of carboxylic acid groups (broad SMARTS) is 1. The van der Waals surface area contributed by atoms with Gasteiger partial charge in [0, 0.05) is 0 Å². The summed E-state index contributed by atoms with van der Waals surface area (Å²) in [6, 6.07) is 3.46. The van der Waals surface area contributed by atoms with E-state index in [1.54, 1.807) is 0 Å². The van der Waals surface area contributed by atoms with Crippen molar-refractivity contribution in [1.82, 2.24) is 0 Å². The average Bonchev–Trinajstić information content (AvgIpc) is 2.14. The van der Waals surface area contributed by atoms with Crippen molar-refractivity contribution in [2.24, 2.45) is 0 Å². The van der Waals surface area contributed by atoms with Crippen LogP contribution in [-0.4, -0.2) is 19.0 Å². The zero-order chi connectivity index (χ0) is 13.0. The van der Waals surface area contributed by atoms with E-state index in [-0.39, 0.29) is 44.4 Å². The summed E-state index contributed by atoms with van der Waals surface area (Å²) in [5, 5.41) is 29.3. The van der Waals surface area contributed by atoms with Gasteiger partial charge < -0.3 is 0 Å². The van der Waals surface area contributed by atoms with Gasteiger partial charge in [-0.05, 0) is 0 Å². The van der Waals surface area contributed by atoms with Gasteiger partial charge in [0.05, 0.1) is 0 Å². The molecule has 0 aliphatic heterocycles. The van der Waals surface area contributed by atoms with E-state index in [4.69, 9.17) is 5.11 Å². The molecule has 1 aromatic carbocycles. The molecule has 1 aromatic rings. The van der Waals surface area contributed by atoms with Crippen LogP contribution in [0.25, 0.3) is 0 Å². The van der Waals surface area contributed by atoms with Crippen molar-refractivity contribution in [2.45, 2.75) is 0 Å². The van der Waals surface area contributed by atoms with Crippen LogP contribution in [0.5, 0.6) is 0 Å². The van der Waals surface area contributed by atoms with Gasteiger partial charge in [-0.15, -0.1) is 0 Å². The Balaban J connectivity index is 3.13. The summed E-state index contributed by atoms with van der Waals surface area (Å²) in [7, 11) is 0. The minimum atomic E-state index is -1.29. The van der Waals surface area contributed by atoms with E-state index in [2.05, 4.69) is 0 Å². The fourth-order valence-electron chi connectivity index (χ4n) is 0.878. The first-order valence-electron chi connectivity index (χ1n) is 3.77. The Kier molecular flexibility index (Phi) is 4.56. The maximum atomic E-state index is 10.7. The van der Waals surface area contributed by atoms with Crippen molar-refractivity contribution in [3.8, 4) is 0 Å². The number of carboxylic acids is 1. The number of aromatic carboxylic acids is 1. The zero-order valence-electron chi connectivity index (χ0n) is 7.78.